The third-order valence-electron chi connectivity index (χ3n) is 5.94. The minimum Gasteiger partial charge on any atom is -0.369 e. The minimum atomic E-state index is -2.87. The van der Waals surface area contributed by atoms with Crippen LogP contribution in [-0.4, -0.2) is 68.1 Å². The molecule has 2 heterocycles. The second-order valence-corrected chi connectivity index (χ2v) is 7.86. The zero-order valence-corrected chi connectivity index (χ0v) is 15.7. The molecule has 0 spiro atoms. The van der Waals surface area contributed by atoms with E-state index in [1.807, 2.05) is 6.07 Å². The second-order valence-electron chi connectivity index (χ2n) is 7.86. The van der Waals surface area contributed by atoms with Crippen molar-refractivity contribution in [3.63, 3.8) is 0 Å². The van der Waals surface area contributed by atoms with Gasteiger partial charge in [-0.25, -0.2) is 8.78 Å². The Morgan fingerprint density at radius 1 is 1.29 bits per heavy atom. The van der Waals surface area contributed by atoms with Crippen LogP contribution in [0.2, 0.25) is 0 Å². The number of carbonyl (C=O) groups is 1. The van der Waals surface area contributed by atoms with Gasteiger partial charge in [-0.15, -0.1) is 0 Å². The Bertz CT molecular complexity index is 757. The molecule has 2 aliphatic heterocycles. The average molecular weight is 389 g/mol. The maximum Gasteiger partial charge on any atom is 0.262 e. The molecule has 3 atom stereocenters. The SMILES string of the molecule is N#CCNC(=O)[C@@H]1CC(F)(F)CN1C1CC1c1ccc(N2CCNCC2)cc1. The second kappa shape index (κ2) is 7.64. The average Bonchev–Trinajstić information content (AvgIpc) is 3.43. The third kappa shape index (κ3) is 3.96. The van der Waals surface area contributed by atoms with Gasteiger partial charge in [0.2, 0.25) is 5.91 Å². The highest BCUT2D eigenvalue weighted by Crippen LogP contribution is 2.49. The topological polar surface area (TPSA) is 71.4 Å². The summed E-state index contributed by atoms with van der Waals surface area (Å²) in [6.07, 6.45) is 0.306. The number of nitrogens with one attached hydrogen (secondary N) is 2. The lowest BCUT2D eigenvalue weighted by atomic mass is 10.1. The zero-order valence-electron chi connectivity index (χ0n) is 15.7. The van der Waals surface area contributed by atoms with Crippen LogP contribution in [0.15, 0.2) is 24.3 Å². The van der Waals surface area contributed by atoms with E-state index in [-0.39, 0.29) is 18.5 Å². The number of piperazine rings is 1. The molecular formula is C20H25F2N5O. The molecule has 1 amide bonds. The number of carbonyl (C=O) groups excluding carboxylic acids is 1. The lowest BCUT2D eigenvalue weighted by Crippen LogP contribution is -2.44. The molecule has 1 aromatic carbocycles. The first-order valence-electron chi connectivity index (χ1n) is 9.82. The van der Waals surface area contributed by atoms with Crippen LogP contribution in [0.1, 0.15) is 24.3 Å². The molecule has 4 rings (SSSR count). The largest absolute Gasteiger partial charge is 0.369 e. The highest BCUT2D eigenvalue weighted by Gasteiger charge is 2.55. The Labute approximate surface area is 163 Å². The van der Waals surface area contributed by atoms with Crippen LogP contribution in [0.3, 0.4) is 0 Å². The van der Waals surface area contributed by atoms with Gasteiger partial charge in [0.1, 0.15) is 6.54 Å². The van der Waals surface area contributed by atoms with Gasteiger partial charge in [-0.05, 0) is 24.1 Å². The van der Waals surface area contributed by atoms with E-state index in [1.165, 1.54) is 5.69 Å². The molecule has 0 bridgehead atoms. The van der Waals surface area contributed by atoms with Crippen molar-refractivity contribution < 1.29 is 13.6 Å². The first kappa shape index (κ1) is 19.1. The van der Waals surface area contributed by atoms with Crippen molar-refractivity contribution in [1.82, 2.24) is 15.5 Å². The lowest BCUT2D eigenvalue weighted by molar-refractivity contribution is -0.125. The first-order valence-corrected chi connectivity index (χ1v) is 9.82. The lowest BCUT2D eigenvalue weighted by Gasteiger charge is -2.29. The smallest absolute Gasteiger partial charge is 0.262 e. The first-order chi connectivity index (χ1) is 13.5. The summed E-state index contributed by atoms with van der Waals surface area (Å²) in [6, 6.07) is 9.29. The number of anilines is 1. The number of amides is 1. The fourth-order valence-electron chi connectivity index (χ4n) is 4.44. The van der Waals surface area contributed by atoms with Crippen molar-refractivity contribution in [1.29, 1.82) is 5.26 Å². The van der Waals surface area contributed by atoms with Gasteiger partial charge in [0, 0.05) is 50.2 Å². The van der Waals surface area contributed by atoms with Crippen molar-refractivity contribution >= 4 is 11.6 Å². The molecule has 3 aliphatic rings. The standard InChI is InChI=1S/C20H25F2N5O/c21-20(22)12-18(19(28)25-6-5-23)27(13-20)17-11-16(17)14-1-3-15(4-2-14)26-9-7-24-8-10-26/h1-4,16-18,24H,6-13H2,(H,25,28)/t16?,17?,18-/m0/s1. The summed E-state index contributed by atoms with van der Waals surface area (Å²) < 4.78 is 28.0. The van der Waals surface area contributed by atoms with E-state index in [9.17, 15) is 13.6 Å². The number of likely N-dealkylation sites (tertiary alicyclic amines) is 1. The van der Waals surface area contributed by atoms with Crippen LogP contribution in [0.25, 0.3) is 0 Å². The number of hydrogen-bond donors (Lipinski definition) is 2. The van der Waals surface area contributed by atoms with E-state index in [4.69, 9.17) is 5.26 Å². The van der Waals surface area contributed by atoms with Gasteiger partial charge in [-0.2, -0.15) is 5.26 Å². The Balaban J connectivity index is 1.42. The van der Waals surface area contributed by atoms with Crippen LogP contribution >= 0.6 is 0 Å². The van der Waals surface area contributed by atoms with Gasteiger partial charge in [0.05, 0.1) is 18.7 Å². The predicted octanol–water partition coefficient (Wildman–Crippen LogP) is 1.30. The van der Waals surface area contributed by atoms with Gasteiger partial charge < -0.3 is 15.5 Å². The molecule has 1 aliphatic carbocycles. The number of rotatable bonds is 5. The highest BCUT2D eigenvalue weighted by molar-refractivity contribution is 5.82. The molecular weight excluding hydrogens is 364 g/mol. The number of nitriles is 1. The van der Waals surface area contributed by atoms with Gasteiger partial charge >= 0.3 is 0 Å². The molecule has 2 N–H and O–H groups in total. The Kier molecular flexibility index (Phi) is 5.21. The molecule has 0 radical (unpaired) electrons. The van der Waals surface area contributed by atoms with Crippen LogP contribution in [0.4, 0.5) is 14.5 Å². The fraction of sp³-hybridized carbons (Fsp3) is 0.600. The van der Waals surface area contributed by atoms with Gasteiger partial charge in [0.25, 0.3) is 5.92 Å². The molecule has 6 nitrogen and oxygen atoms in total. The molecule has 1 aromatic rings. The van der Waals surface area contributed by atoms with Crippen molar-refractivity contribution in [2.75, 3.05) is 44.2 Å². The molecule has 2 saturated heterocycles. The summed E-state index contributed by atoms with van der Waals surface area (Å²) in [4.78, 5) is 16.2. The maximum atomic E-state index is 14.0. The molecule has 1 saturated carbocycles. The molecule has 2 unspecified atom stereocenters. The summed E-state index contributed by atoms with van der Waals surface area (Å²) in [5, 5.41) is 14.4. The molecule has 3 fully saturated rings. The van der Waals surface area contributed by atoms with Gasteiger partial charge in [0.15, 0.2) is 0 Å². The summed E-state index contributed by atoms with van der Waals surface area (Å²) in [6.45, 7) is 3.37. The van der Waals surface area contributed by atoms with E-state index in [0.29, 0.717) is 0 Å². The molecule has 28 heavy (non-hydrogen) atoms. The Hall–Kier alpha value is -2.24. The number of nitrogens with zero attached hydrogens (tertiary/aromatic N) is 3. The number of halogens is 2. The fourth-order valence-corrected chi connectivity index (χ4v) is 4.44. The number of benzene rings is 1. The van der Waals surface area contributed by atoms with Crippen LogP contribution in [0, 0.1) is 11.3 Å². The molecule has 0 aromatic heterocycles. The van der Waals surface area contributed by atoms with E-state index < -0.39 is 30.8 Å². The number of hydrogen-bond acceptors (Lipinski definition) is 5. The number of alkyl halides is 2. The maximum absolute atomic E-state index is 14.0. The van der Waals surface area contributed by atoms with E-state index in [1.54, 1.807) is 4.90 Å². The van der Waals surface area contributed by atoms with Crippen LogP contribution in [-0.2, 0) is 4.79 Å². The van der Waals surface area contributed by atoms with Crippen LogP contribution < -0.4 is 15.5 Å². The van der Waals surface area contributed by atoms with E-state index in [0.717, 1.165) is 38.2 Å². The van der Waals surface area contributed by atoms with Gasteiger partial charge in [-0.1, -0.05) is 12.1 Å². The van der Waals surface area contributed by atoms with Crippen molar-refractivity contribution in [3.8, 4) is 6.07 Å². The van der Waals surface area contributed by atoms with Gasteiger partial charge in [-0.3, -0.25) is 9.69 Å². The normalized spacial score (nSPS) is 29.3. The van der Waals surface area contributed by atoms with E-state index in [2.05, 4.69) is 39.8 Å². The third-order valence-corrected chi connectivity index (χ3v) is 5.94. The molecule has 8 heteroatoms. The summed E-state index contributed by atoms with van der Waals surface area (Å²) in [7, 11) is 0. The van der Waals surface area contributed by atoms with E-state index >= 15 is 0 Å². The van der Waals surface area contributed by atoms with Crippen molar-refractivity contribution in [2.24, 2.45) is 0 Å². The minimum absolute atomic E-state index is 0.0451. The summed E-state index contributed by atoms with van der Waals surface area (Å²) in [5.41, 5.74) is 2.32. The quantitative estimate of drug-likeness (QED) is 0.743. The zero-order chi connectivity index (χ0) is 19.7. The Morgan fingerprint density at radius 3 is 2.68 bits per heavy atom. The highest BCUT2D eigenvalue weighted by atomic mass is 19.3. The summed E-state index contributed by atoms with van der Waals surface area (Å²) in [5.74, 6) is -3.16. The predicted molar refractivity (Wildman–Crippen MR) is 101 cm³/mol. The Morgan fingerprint density at radius 2 is 2.00 bits per heavy atom. The van der Waals surface area contributed by atoms with Crippen molar-refractivity contribution in [2.45, 2.75) is 36.8 Å². The summed E-state index contributed by atoms with van der Waals surface area (Å²) >= 11 is 0. The molecule has 150 valence electrons. The van der Waals surface area contributed by atoms with Crippen LogP contribution in [0.5, 0.6) is 0 Å². The van der Waals surface area contributed by atoms with Crippen molar-refractivity contribution in [3.05, 3.63) is 29.8 Å². The monoisotopic (exact) mass is 389 g/mol.